The maximum atomic E-state index is 12.5. The number of aliphatic hydroxyl groups is 2. The van der Waals surface area contributed by atoms with Crippen LogP contribution in [0.1, 0.15) is 271 Å². The molecule has 0 rings (SSSR count). The zero-order valence-electron chi connectivity index (χ0n) is 48.3. The number of aliphatic hydroxyl groups excluding tert-OH is 2. The molecule has 0 bridgehead atoms. The summed E-state index contributed by atoms with van der Waals surface area (Å²) in [5, 5.41) is 23.3. The molecule has 74 heavy (non-hydrogen) atoms. The molecule has 0 aliphatic carbocycles. The molecule has 0 aliphatic rings. The first-order valence-corrected chi connectivity index (χ1v) is 31.0. The molecule has 0 fully saturated rings. The Morgan fingerprint density at radius 3 is 0.892 bits per heavy atom. The summed E-state index contributed by atoms with van der Waals surface area (Å²) >= 11 is 0. The summed E-state index contributed by atoms with van der Waals surface area (Å²) in [6.45, 7) is 4.24. The smallest absolute Gasteiger partial charge is 0.220 e. The number of allylic oxidation sites excluding steroid dienone is 24. The molecule has 0 aromatic carbocycles. The zero-order valence-corrected chi connectivity index (χ0v) is 48.3. The topological polar surface area (TPSA) is 69.6 Å². The SMILES string of the molecule is CC/C=C\C/C=C\C/C=C\C/C=C\C/C=C\C/C=C\C/C=C\C/C=C\C/C=C\C/C=C\C/C=C\C/C=C\CCCCCCC(=O)NC(CO)C(O)CCCCCCCCCCCCCCCCCCCCCCC. The van der Waals surface area contributed by atoms with Crippen molar-refractivity contribution in [3.63, 3.8) is 0 Å². The minimum atomic E-state index is -0.682. The Hall–Kier alpha value is -3.73. The number of carbonyl (C=O) groups excluding carboxylic acids is 1. The Balaban J connectivity index is 3.65. The van der Waals surface area contributed by atoms with Gasteiger partial charge in [-0.15, -0.1) is 0 Å². The van der Waals surface area contributed by atoms with Crippen LogP contribution in [0.2, 0.25) is 0 Å². The van der Waals surface area contributed by atoms with E-state index in [0.29, 0.717) is 12.8 Å². The molecule has 3 N–H and O–H groups in total. The average molecular weight is 1020 g/mol. The first-order chi connectivity index (χ1) is 36.7. The molecule has 0 heterocycles. The van der Waals surface area contributed by atoms with Crippen LogP contribution < -0.4 is 5.32 Å². The van der Waals surface area contributed by atoms with Crippen molar-refractivity contribution >= 4 is 5.91 Å². The number of carbonyl (C=O) groups is 1. The van der Waals surface area contributed by atoms with Crippen LogP contribution in [0, 0.1) is 0 Å². The van der Waals surface area contributed by atoms with E-state index >= 15 is 0 Å². The van der Waals surface area contributed by atoms with Gasteiger partial charge in [-0.05, 0) is 103 Å². The van der Waals surface area contributed by atoms with Crippen molar-refractivity contribution in [2.24, 2.45) is 0 Å². The van der Waals surface area contributed by atoms with Gasteiger partial charge < -0.3 is 15.5 Å². The van der Waals surface area contributed by atoms with Crippen LogP contribution in [-0.2, 0) is 4.79 Å². The van der Waals surface area contributed by atoms with Gasteiger partial charge in [0.2, 0.25) is 5.91 Å². The number of unbranched alkanes of at least 4 members (excludes halogenated alkanes) is 24. The highest BCUT2D eigenvalue weighted by molar-refractivity contribution is 5.76. The van der Waals surface area contributed by atoms with Crippen molar-refractivity contribution in [1.82, 2.24) is 5.32 Å². The largest absolute Gasteiger partial charge is 0.394 e. The highest BCUT2D eigenvalue weighted by Gasteiger charge is 2.20. The van der Waals surface area contributed by atoms with Gasteiger partial charge in [-0.2, -0.15) is 0 Å². The molecule has 2 unspecified atom stereocenters. The fraction of sp³-hybridized carbons (Fsp3) is 0.643. The monoisotopic (exact) mass is 1020 g/mol. The van der Waals surface area contributed by atoms with Gasteiger partial charge in [-0.25, -0.2) is 0 Å². The van der Waals surface area contributed by atoms with Gasteiger partial charge in [-0.1, -0.05) is 307 Å². The van der Waals surface area contributed by atoms with Crippen LogP contribution in [-0.4, -0.2) is 34.9 Å². The fourth-order valence-corrected chi connectivity index (χ4v) is 8.70. The van der Waals surface area contributed by atoms with E-state index in [1.165, 1.54) is 122 Å². The van der Waals surface area contributed by atoms with Crippen molar-refractivity contribution in [2.75, 3.05) is 6.61 Å². The Morgan fingerprint density at radius 1 is 0.338 bits per heavy atom. The average Bonchev–Trinajstić information content (AvgIpc) is 3.40. The number of nitrogens with one attached hydrogen (secondary N) is 1. The zero-order chi connectivity index (χ0) is 53.4. The molecule has 2 atom stereocenters. The molecule has 0 saturated heterocycles. The number of hydrogen-bond donors (Lipinski definition) is 3. The van der Waals surface area contributed by atoms with Crippen LogP contribution >= 0.6 is 0 Å². The molecule has 0 radical (unpaired) electrons. The highest BCUT2D eigenvalue weighted by atomic mass is 16.3. The maximum absolute atomic E-state index is 12.5. The van der Waals surface area contributed by atoms with Gasteiger partial charge in [0.25, 0.3) is 0 Å². The third-order valence-electron chi connectivity index (χ3n) is 13.4. The fourth-order valence-electron chi connectivity index (χ4n) is 8.70. The lowest BCUT2D eigenvalue weighted by Gasteiger charge is -2.22. The van der Waals surface area contributed by atoms with Crippen molar-refractivity contribution in [2.45, 2.75) is 283 Å². The molecule has 0 aliphatic heterocycles. The second kappa shape index (κ2) is 63.6. The summed E-state index contributed by atoms with van der Waals surface area (Å²) in [6.07, 6.45) is 99.9. The van der Waals surface area contributed by atoms with Crippen molar-refractivity contribution in [3.8, 4) is 0 Å². The molecule has 4 heteroatoms. The number of amides is 1. The molecule has 0 saturated carbocycles. The van der Waals surface area contributed by atoms with E-state index in [4.69, 9.17) is 0 Å². The van der Waals surface area contributed by atoms with Crippen LogP contribution in [0.15, 0.2) is 146 Å². The van der Waals surface area contributed by atoms with E-state index in [-0.39, 0.29) is 12.5 Å². The van der Waals surface area contributed by atoms with E-state index < -0.39 is 12.1 Å². The predicted molar refractivity (Wildman–Crippen MR) is 331 cm³/mol. The summed E-state index contributed by atoms with van der Waals surface area (Å²) in [5.74, 6) is -0.0592. The van der Waals surface area contributed by atoms with E-state index in [9.17, 15) is 15.0 Å². The normalized spacial score (nSPS) is 13.8. The Bertz CT molecular complexity index is 1530. The molecular formula is C70H117NO3. The number of hydrogen-bond acceptors (Lipinski definition) is 3. The summed E-state index contributed by atoms with van der Waals surface area (Å²) in [4.78, 5) is 12.5. The Morgan fingerprint density at radius 2 is 0.595 bits per heavy atom. The van der Waals surface area contributed by atoms with E-state index in [2.05, 4.69) is 165 Å². The van der Waals surface area contributed by atoms with Crippen LogP contribution in [0.25, 0.3) is 0 Å². The van der Waals surface area contributed by atoms with Gasteiger partial charge in [0.1, 0.15) is 0 Å². The van der Waals surface area contributed by atoms with Gasteiger partial charge in [0, 0.05) is 6.42 Å². The van der Waals surface area contributed by atoms with Gasteiger partial charge in [0.15, 0.2) is 0 Å². The molecule has 1 amide bonds. The molecule has 420 valence electrons. The molecule has 4 nitrogen and oxygen atoms in total. The predicted octanol–water partition coefficient (Wildman–Crippen LogP) is 21.1. The Kier molecular flexibility index (Phi) is 60.4. The van der Waals surface area contributed by atoms with Crippen LogP contribution in [0.3, 0.4) is 0 Å². The lowest BCUT2D eigenvalue weighted by molar-refractivity contribution is -0.123. The second-order valence-corrected chi connectivity index (χ2v) is 20.4. The first kappa shape index (κ1) is 70.3. The minimum absolute atomic E-state index is 0.0592. The van der Waals surface area contributed by atoms with Crippen molar-refractivity contribution in [1.29, 1.82) is 0 Å². The maximum Gasteiger partial charge on any atom is 0.220 e. The molecule has 0 aromatic heterocycles. The first-order valence-electron chi connectivity index (χ1n) is 31.0. The third kappa shape index (κ3) is 59.2. The second-order valence-electron chi connectivity index (χ2n) is 20.4. The van der Waals surface area contributed by atoms with Crippen molar-refractivity contribution < 1.29 is 15.0 Å². The van der Waals surface area contributed by atoms with E-state index in [0.717, 1.165) is 122 Å². The van der Waals surface area contributed by atoms with Gasteiger partial charge in [0.05, 0.1) is 18.8 Å². The highest BCUT2D eigenvalue weighted by Crippen LogP contribution is 2.16. The summed E-state index contributed by atoms with van der Waals surface area (Å²) in [7, 11) is 0. The van der Waals surface area contributed by atoms with E-state index in [1.807, 2.05) is 0 Å². The summed E-state index contributed by atoms with van der Waals surface area (Å²) in [5.41, 5.74) is 0. The number of rotatable bonds is 55. The van der Waals surface area contributed by atoms with Crippen LogP contribution in [0.4, 0.5) is 0 Å². The molecular weight excluding hydrogens is 903 g/mol. The van der Waals surface area contributed by atoms with Crippen molar-refractivity contribution in [3.05, 3.63) is 146 Å². The lowest BCUT2D eigenvalue weighted by atomic mass is 10.0. The van der Waals surface area contributed by atoms with Gasteiger partial charge in [-0.3, -0.25) is 4.79 Å². The molecule has 0 aromatic rings. The van der Waals surface area contributed by atoms with E-state index in [1.54, 1.807) is 0 Å². The standard InChI is InChI=1S/C70H117NO3/c1-3-5-7-9-11-13-15-17-19-21-23-25-26-27-28-29-30-31-32-33-34-35-36-37-38-39-40-41-42-43-44-46-48-50-52-54-56-58-60-62-64-66-70(74)71-68(67-72)69(73)65-63-61-59-57-55-53-51-49-47-45-24-22-20-18-16-14-12-10-8-6-4-2/h5,7,11,13,17,19,23,25,27-28,30-31,33-34,36-37,39-40,42-43,46,48,52,54,68-69,72-73H,3-4,6,8-10,12,14-16,18,20-22,24,26,29,32,35,38,41,44-45,47,49-51,53,55-67H2,1-2H3,(H,71,74)/b7-5-,13-11-,19-17-,25-23-,28-27-,31-30-,34-33-,37-36-,40-39-,43-42-,48-46-,54-52-. The quantitative estimate of drug-likeness (QED) is 0.0420. The van der Waals surface area contributed by atoms with Crippen LogP contribution in [0.5, 0.6) is 0 Å². The minimum Gasteiger partial charge on any atom is -0.394 e. The third-order valence-corrected chi connectivity index (χ3v) is 13.4. The summed E-state index contributed by atoms with van der Waals surface area (Å²) < 4.78 is 0. The lowest BCUT2D eigenvalue weighted by Crippen LogP contribution is -2.45. The Labute approximate surface area is 459 Å². The molecule has 0 spiro atoms. The van der Waals surface area contributed by atoms with Gasteiger partial charge >= 0.3 is 0 Å². The summed E-state index contributed by atoms with van der Waals surface area (Å²) in [6, 6.07) is -0.562.